The van der Waals surface area contributed by atoms with Crippen LogP contribution in [0.1, 0.15) is 5.56 Å². The van der Waals surface area contributed by atoms with Gasteiger partial charge in [0.2, 0.25) is 0 Å². The topological polar surface area (TPSA) is 70.1 Å². The van der Waals surface area contributed by atoms with Crippen molar-refractivity contribution in [2.75, 3.05) is 0 Å². The van der Waals surface area contributed by atoms with Crippen LogP contribution < -0.4 is 4.74 Å². The van der Waals surface area contributed by atoms with Crippen molar-refractivity contribution in [1.29, 1.82) is 0 Å². The number of para-hydroxylation sites is 1. The average Bonchev–Trinajstić information content (AvgIpc) is 3.31. The highest BCUT2D eigenvalue weighted by Gasteiger charge is 2.12. The minimum atomic E-state index is 0.433. The van der Waals surface area contributed by atoms with Crippen molar-refractivity contribution in [2.24, 2.45) is 7.05 Å². The molecule has 7 nitrogen and oxygen atoms in total. The molecule has 0 radical (unpaired) electrons. The van der Waals surface area contributed by atoms with E-state index in [1.165, 1.54) is 0 Å². The van der Waals surface area contributed by atoms with Crippen LogP contribution in [-0.2, 0) is 13.7 Å². The van der Waals surface area contributed by atoms with Gasteiger partial charge >= 0.3 is 0 Å². The normalized spacial score (nSPS) is 11.4. The van der Waals surface area contributed by atoms with Gasteiger partial charge in [-0.15, -0.1) is 5.10 Å². The number of rotatable bonds is 4. The highest BCUT2D eigenvalue weighted by Crippen LogP contribution is 2.25. The number of fused-ring (bicyclic) bond motifs is 3. The second-order valence-corrected chi connectivity index (χ2v) is 6.78. The summed E-state index contributed by atoms with van der Waals surface area (Å²) in [4.78, 5) is 9.05. The lowest BCUT2D eigenvalue weighted by molar-refractivity contribution is 0.306. The molecule has 28 heavy (non-hydrogen) atoms. The van der Waals surface area contributed by atoms with Gasteiger partial charge in [0.05, 0.1) is 16.6 Å². The van der Waals surface area contributed by atoms with Gasteiger partial charge in [0.25, 0.3) is 0 Å². The number of hydrogen-bond acceptors (Lipinski definition) is 5. The maximum Gasteiger partial charge on any atom is 0.182 e. The summed E-state index contributed by atoms with van der Waals surface area (Å²) in [5, 5.41) is 10.2. The molecule has 0 bridgehead atoms. The molecule has 0 aliphatic heterocycles. The van der Waals surface area contributed by atoms with Gasteiger partial charge in [-0.3, -0.25) is 4.68 Å². The standard InChI is InChI=1S/C20H15ClN6O/c1-26-19-15(10-23-26)20-24-18(25-27(20)12-22-19)14-8-6-13(7-9-14)11-28-17-5-3-2-4-16(17)21/h2-10,12H,11H2,1H3. The zero-order valence-electron chi connectivity index (χ0n) is 15.0. The highest BCUT2D eigenvalue weighted by molar-refractivity contribution is 6.32. The molecule has 5 aromatic rings. The molecule has 0 amide bonds. The lowest BCUT2D eigenvalue weighted by Gasteiger charge is -2.08. The monoisotopic (exact) mass is 390 g/mol. The molecule has 3 aromatic heterocycles. The maximum absolute atomic E-state index is 6.12. The van der Waals surface area contributed by atoms with Gasteiger partial charge in [-0.05, 0) is 17.7 Å². The third-order valence-corrected chi connectivity index (χ3v) is 4.82. The van der Waals surface area contributed by atoms with Crippen molar-refractivity contribution >= 4 is 28.3 Å². The van der Waals surface area contributed by atoms with Gasteiger partial charge in [0.1, 0.15) is 18.7 Å². The first-order chi connectivity index (χ1) is 13.7. The predicted molar refractivity (Wildman–Crippen MR) is 106 cm³/mol. The summed E-state index contributed by atoms with van der Waals surface area (Å²) >= 11 is 6.12. The van der Waals surface area contributed by atoms with Crippen molar-refractivity contribution < 1.29 is 4.74 Å². The summed E-state index contributed by atoms with van der Waals surface area (Å²) in [6, 6.07) is 15.4. The Hall–Kier alpha value is -3.45. The maximum atomic E-state index is 6.12. The van der Waals surface area contributed by atoms with E-state index in [1.807, 2.05) is 55.6 Å². The number of nitrogens with zero attached hydrogens (tertiary/aromatic N) is 6. The van der Waals surface area contributed by atoms with Gasteiger partial charge in [0.15, 0.2) is 17.1 Å². The minimum Gasteiger partial charge on any atom is -0.487 e. The Kier molecular flexibility index (Phi) is 3.95. The minimum absolute atomic E-state index is 0.433. The molecule has 138 valence electrons. The summed E-state index contributed by atoms with van der Waals surface area (Å²) < 4.78 is 9.18. The number of aryl methyl sites for hydroxylation is 1. The third-order valence-electron chi connectivity index (χ3n) is 4.51. The van der Waals surface area contributed by atoms with Gasteiger partial charge in [-0.25, -0.2) is 14.5 Å². The molecule has 0 saturated heterocycles. The first-order valence-electron chi connectivity index (χ1n) is 8.69. The smallest absolute Gasteiger partial charge is 0.182 e. The van der Waals surface area contributed by atoms with E-state index in [2.05, 4.69) is 20.2 Å². The molecular weight excluding hydrogens is 376 g/mol. The summed E-state index contributed by atoms with van der Waals surface area (Å²) in [6.07, 6.45) is 3.41. The molecule has 0 spiro atoms. The molecule has 0 N–H and O–H groups in total. The highest BCUT2D eigenvalue weighted by atomic mass is 35.5. The Balaban J connectivity index is 1.41. The Morgan fingerprint density at radius 1 is 1.04 bits per heavy atom. The van der Waals surface area contributed by atoms with E-state index >= 15 is 0 Å². The van der Waals surface area contributed by atoms with E-state index in [4.69, 9.17) is 16.3 Å². The fourth-order valence-electron chi connectivity index (χ4n) is 3.03. The first-order valence-corrected chi connectivity index (χ1v) is 9.06. The SMILES string of the molecule is Cn1ncc2c1ncn1nc(-c3ccc(COc4ccccc4Cl)cc3)nc21. The average molecular weight is 391 g/mol. The van der Waals surface area contributed by atoms with Gasteiger partial charge in [-0.2, -0.15) is 5.10 Å². The summed E-state index contributed by atoms with van der Waals surface area (Å²) in [5.74, 6) is 1.31. The van der Waals surface area contributed by atoms with E-state index in [-0.39, 0.29) is 0 Å². The fraction of sp³-hybridized carbons (Fsp3) is 0.100. The first kappa shape index (κ1) is 16.7. The molecule has 0 atom stereocenters. The largest absolute Gasteiger partial charge is 0.487 e. The molecule has 8 heteroatoms. The molecule has 0 aliphatic rings. The number of ether oxygens (including phenoxy) is 1. The summed E-state index contributed by atoms with van der Waals surface area (Å²) in [5.41, 5.74) is 3.46. The van der Waals surface area contributed by atoms with E-state index in [0.717, 1.165) is 27.8 Å². The van der Waals surface area contributed by atoms with Crippen molar-refractivity contribution in [3.05, 3.63) is 71.6 Å². The lowest BCUT2D eigenvalue weighted by Crippen LogP contribution is -1.96. The van der Waals surface area contributed by atoms with Crippen molar-refractivity contribution in [1.82, 2.24) is 29.4 Å². The van der Waals surface area contributed by atoms with Crippen LogP contribution in [0.3, 0.4) is 0 Å². The molecule has 0 unspecified atom stereocenters. The van der Waals surface area contributed by atoms with Gasteiger partial charge < -0.3 is 4.74 Å². The van der Waals surface area contributed by atoms with Crippen LogP contribution in [0.4, 0.5) is 0 Å². The zero-order chi connectivity index (χ0) is 19.1. The van der Waals surface area contributed by atoms with Gasteiger partial charge in [-0.1, -0.05) is 48.0 Å². The number of halogens is 1. The van der Waals surface area contributed by atoms with Crippen molar-refractivity contribution in [2.45, 2.75) is 6.61 Å². The molecule has 0 fully saturated rings. The molecule has 2 aromatic carbocycles. The Labute approximate surface area is 165 Å². The van der Waals surface area contributed by atoms with E-state index in [9.17, 15) is 0 Å². The second-order valence-electron chi connectivity index (χ2n) is 6.37. The Morgan fingerprint density at radius 2 is 1.86 bits per heavy atom. The Morgan fingerprint density at radius 3 is 2.68 bits per heavy atom. The summed E-state index contributed by atoms with van der Waals surface area (Å²) in [6.45, 7) is 0.433. The zero-order valence-corrected chi connectivity index (χ0v) is 15.7. The molecular formula is C20H15ClN6O. The summed E-state index contributed by atoms with van der Waals surface area (Å²) in [7, 11) is 1.85. The predicted octanol–water partition coefficient (Wildman–Crippen LogP) is 3.91. The van der Waals surface area contributed by atoms with Crippen LogP contribution >= 0.6 is 11.6 Å². The van der Waals surface area contributed by atoms with Gasteiger partial charge in [0, 0.05) is 12.6 Å². The van der Waals surface area contributed by atoms with Crippen molar-refractivity contribution in [3.8, 4) is 17.1 Å². The molecule has 3 heterocycles. The number of hydrogen-bond donors (Lipinski definition) is 0. The number of benzene rings is 2. The fourth-order valence-corrected chi connectivity index (χ4v) is 3.22. The third kappa shape index (κ3) is 2.86. The molecule has 5 rings (SSSR count). The van der Waals surface area contributed by atoms with Crippen LogP contribution in [0.5, 0.6) is 5.75 Å². The van der Waals surface area contributed by atoms with Crippen molar-refractivity contribution in [3.63, 3.8) is 0 Å². The quantitative estimate of drug-likeness (QED) is 0.465. The molecule has 0 saturated carbocycles. The van der Waals surface area contributed by atoms with Crippen LogP contribution in [-0.4, -0.2) is 29.4 Å². The Bertz CT molecular complexity index is 1290. The van der Waals surface area contributed by atoms with E-state index in [0.29, 0.717) is 23.2 Å². The van der Waals surface area contributed by atoms with Crippen LogP contribution in [0, 0.1) is 0 Å². The molecule has 0 aliphatic carbocycles. The number of aromatic nitrogens is 6. The van der Waals surface area contributed by atoms with Crippen LogP contribution in [0.25, 0.3) is 28.1 Å². The van der Waals surface area contributed by atoms with E-state index < -0.39 is 0 Å². The lowest BCUT2D eigenvalue weighted by atomic mass is 10.1. The van der Waals surface area contributed by atoms with Crippen LogP contribution in [0.2, 0.25) is 5.02 Å². The van der Waals surface area contributed by atoms with E-state index in [1.54, 1.807) is 21.7 Å². The van der Waals surface area contributed by atoms with Crippen LogP contribution in [0.15, 0.2) is 61.1 Å². The second kappa shape index (κ2) is 6.61.